The highest BCUT2D eigenvalue weighted by Crippen LogP contribution is 2.65. The molecule has 2 aliphatic rings. The van der Waals surface area contributed by atoms with Crippen LogP contribution in [0.15, 0.2) is 0 Å². The van der Waals surface area contributed by atoms with E-state index in [0.29, 0.717) is 31.0 Å². The van der Waals surface area contributed by atoms with Crippen LogP contribution in [0.2, 0.25) is 0 Å². The number of fused-ring (bicyclic) bond motifs is 2. The topological polar surface area (TPSA) is 67.4 Å². The maximum absolute atomic E-state index is 12.2. The second-order valence-electron chi connectivity index (χ2n) is 8.53. The Bertz CT molecular complexity index is 478. The average molecular weight is 353 g/mol. The van der Waals surface area contributed by atoms with Gasteiger partial charge >= 0.3 is 12.0 Å². The van der Waals surface area contributed by atoms with Crippen molar-refractivity contribution in [1.82, 2.24) is 10.6 Å². The first kappa shape index (κ1) is 20.1. The van der Waals surface area contributed by atoms with E-state index in [2.05, 4.69) is 31.4 Å². The van der Waals surface area contributed by atoms with E-state index in [-0.39, 0.29) is 17.4 Å². The largest absolute Gasteiger partial charge is 0.466 e. The summed E-state index contributed by atoms with van der Waals surface area (Å²) in [4.78, 5) is 23.4. The summed E-state index contributed by atoms with van der Waals surface area (Å²) in [5.41, 5.74) is 0.548. The lowest BCUT2D eigenvalue weighted by Gasteiger charge is -2.39. The number of ether oxygens (including phenoxy) is 1. The first-order chi connectivity index (χ1) is 11.8. The lowest BCUT2D eigenvalue weighted by Crippen LogP contribution is -2.50. The number of hydrogen-bond acceptors (Lipinski definition) is 3. The van der Waals surface area contributed by atoms with E-state index >= 15 is 0 Å². The zero-order valence-electron chi connectivity index (χ0n) is 16.5. The number of esters is 1. The summed E-state index contributed by atoms with van der Waals surface area (Å²) in [6, 6.07) is 0.270. The fourth-order valence-corrected chi connectivity index (χ4v) is 4.81. The molecule has 2 N–H and O–H groups in total. The van der Waals surface area contributed by atoms with Crippen LogP contribution in [0.3, 0.4) is 0 Å². The van der Waals surface area contributed by atoms with Crippen LogP contribution >= 0.6 is 0 Å². The predicted octanol–water partition coefficient (Wildman–Crippen LogP) is 4.01. The van der Waals surface area contributed by atoms with Crippen molar-refractivity contribution >= 4 is 12.0 Å². The maximum Gasteiger partial charge on any atom is 0.315 e. The number of carbonyl (C=O) groups is 2. The molecule has 2 bridgehead atoms. The van der Waals surface area contributed by atoms with Gasteiger partial charge in [0.15, 0.2) is 0 Å². The number of unbranched alkanes of at least 4 members (excludes halogenated alkanes) is 3. The van der Waals surface area contributed by atoms with E-state index in [9.17, 15) is 9.59 Å². The molecule has 0 aromatic carbocycles. The molecule has 0 spiro atoms. The Kier molecular flexibility index (Phi) is 6.75. The van der Waals surface area contributed by atoms with E-state index in [1.807, 2.05) is 6.92 Å². The fraction of sp³-hybridized carbons (Fsp3) is 0.900. The summed E-state index contributed by atoms with van der Waals surface area (Å²) in [7, 11) is 0. The Balaban J connectivity index is 1.56. The Morgan fingerprint density at radius 3 is 2.44 bits per heavy atom. The van der Waals surface area contributed by atoms with Crippen molar-refractivity contribution in [3.63, 3.8) is 0 Å². The molecule has 0 radical (unpaired) electrons. The summed E-state index contributed by atoms with van der Waals surface area (Å²) in [6.45, 7) is 10.0. The molecule has 2 aliphatic carbocycles. The van der Waals surface area contributed by atoms with Gasteiger partial charge in [0.2, 0.25) is 0 Å². The van der Waals surface area contributed by atoms with Gasteiger partial charge in [-0.3, -0.25) is 4.79 Å². The first-order valence-corrected chi connectivity index (χ1v) is 10.0. The van der Waals surface area contributed by atoms with E-state index in [1.54, 1.807) is 0 Å². The number of amides is 2. The Hall–Kier alpha value is -1.26. The third-order valence-corrected chi connectivity index (χ3v) is 7.00. The van der Waals surface area contributed by atoms with Crippen molar-refractivity contribution in [2.24, 2.45) is 16.7 Å². The minimum Gasteiger partial charge on any atom is -0.466 e. The van der Waals surface area contributed by atoms with Gasteiger partial charge in [-0.1, -0.05) is 33.6 Å². The van der Waals surface area contributed by atoms with Gasteiger partial charge in [-0.15, -0.1) is 0 Å². The zero-order chi connectivity index (χ0) is 18.5. The normalized spacial score (nSPS) is 29.4. The van der Waals surface area contributed by atoms with Crippen LogP contribution in [-0.4, -0.2) is 31.2 Å². The van der Waals surface area contributed by atoms with Crippen molar-refractivity contribution in [2.45, 2.75) is 85.1 Å². The Morgan fingerprint density at radius 2 is 1.84 bits per heavy atom. The third-order valence-electron chi connectivity index (χ3n) is 7.00. The van der Waals surface area contributed by atoms with Crippen molar-refractivity contribution in [3.05, 3.63) is 0 Å². The molecule has 2 rings (SSSR count). The van der Waals surface area contributed by atoms with Gasteiger partial charge in [-0.2, -0.15) is 0 Å². The Morgan fingerprint density at radius 1 is 1.12 bits per heavy atom. The highest BCUT2D eigenvalue weighted by molar-refractivity contribution is 5.74. The van der Waals surface area contributed by atoms with Gasteiger partial charge in [0.05, 0.1) is 6.61 Å². The van der Waals surface area contributed by atoms with Crippen molar-refractivity contribution in [2.75, 3.05) is 13.2 Å². The molecule has 0 aliphatic heterocycles. The summed E-state index contributed by atoms with van der Waals surface area (Å²) < 4.78 is 4.90. The molecule has 0 aromatic heterocycles. The predicted molar refractivity (Wildman–Crippen MR) is 99.3 cm³/mol. The summed E-state index contributed by atoms with van der Waals surface area (Å²) in [5.74, 6) is 0.629. The number of nitrogens with one attached hydrogen (secondary N) is 2. The molecule has 2 saturated carbocycles. The second-order valence-corrected chi connectivity index (χ2v) is 8.53. The average Bonchev–Trinajstić information content (AvgIpc) is 2.87. The SMILES string of the molecule is CCOC(=O)CCCCCCNC(=O)NC1CC2CCC1(C)C2(C)C. The van der Waals surface area contributed by atoms with Crippen LogP contribution in [0.25, 0.3) is 0 Å². The van der Waals surface area contributed by atoms with Gasteiger partial charge in [0, 0.05) is 19.0 Å². The van der Waals surface area contributed by atoms with Gasteiger partial charge < -0.3 is 15.4 Å². The van der Waals surface area contributed by atoms with Gasteiger partial charge in [0.25, 0.3) is 0 Å². The van der Waals surface area contributed by atoms with E-state index in [1.165, 1.54) is 12.8 Å². The molecular weight excluding hydrogens is 316 g/mol. The molecule has 0 heterocycles. The molecular formula is C20H36N2O3. The van der Waals surface area contributed by atoms with Crippen LogP contribution in [0, 0.1) is 16.7 Å². The maximum atomic E-state index is 12.2. The smallest absolute Gasteiger partial charge is 0.315 e. The molecule has 0 aromatic rings. The van der Waals surface area contributed by atoms with Gasteiger partial charge in [-0.25, -0.2) is 4.79 Å². The van der Waals surface area contributed by atoms with Crippen LogP contribution in [0.1, 0.15) is 79.1 Å². The highest BCUT2D eigenvalue weighted by Gasteiger charge is 2.61. The molecule has 25 heavy (non-hydrogen) atoms. The molecule has 2 amide bonds. The molecule has 144 valence electrons. The van der Waals surface area contributed by atoms with Gasteiger partial charge in [-0.05, 0) is 55.8 Å². The number of carbonyl (C=O) groups excluding carboxylic acids is 2. The van der Waals surface area contributed by atoms with Crippen molar-refractivity contribution in [1.29, 1.82) is 0 Å². The third kappa shape index (κ3) is 4.48. The lowest BCUT2D eigenvalue weighted by molar-refractivity contribution is -0.143. The van der Waals surface area contributed by atoms with E-state index in [4.69, 9.17) is 4.74 Å². The standard InChI is InChI=1S/C20H36N2O3/c1-5-25-17(23)10-8-6-7-9-13-21-18(24)22-16-14-15-11-12-20(16,4)19(15,2)3/h15-16H,5-14H2,1-4H3,(H2,21,22,24). The van der Waals surface area contributed by atoms with E-state index in [0.717, 1.165) is 38.0 Å². The molecule has 5 nitrogen and oxygen atoms in total. The van der Waals surface area contributed by atoms with Crippen LogP contribution < -0.4 is 10.6 Å². The number of hydrogen-bond donors (Lipinski definition) is 2. The lowest BCUT2D eigenvalue weighted by atomic mass is 9.69. The molecule has 3 unspecified atom stereocenters. The van der Waals surface area contributed by atoms with Crippen molar-refractivity contribution in [3.8, 4) is 0 Å². The molecule has 3 atom stereocenters. The van der Waals surface area contributed by atoms with Crippen molar-refractivity contribution < 1.29 is 14.3 Å². The van der Waals surface area contributed by atoms with Crippen LogP contribution in [0.4, 0.5) is 4.79 Å². The summed E-state index contributed by atoms with van der Waals surface area (Å²) >= 11 is 0. The fourth-order valence-electron chi connectivity index (χ4n) is 4.81. The zero-order valence-corrected chi connectivity index (χ0v) is 16.5. The first-order valence-electron chi connectivity index (χ1n) is 10.0. The molecule has 2 fully saturated rings. The quantitative estimate of drug-likeness (QED) is 0.486. The minimum atomic E-state index is -0.109. The van der Waals surface area contributed by atoms with Crippen LogP contribution in [0.5, 0.6) is 0 Å². The van der Waals surface area contributed by atoms with Crippen LogP contribution in [-0.2, 0) is 9.53 Å². The number of urea groups is 1. The second kappa shape index (κ2) is 8.41. The molecule has 0 saturated heterocycles. The molecule has 5 heteroatoms. The Labute approximate surface area is 152 Å². The number of rotatable bonds is 9. The highest BCUT2D eigenvalue weighted by atomic mass is 16.5. The monoisotopic (exact) mass is 352 g/mol. The van der Waals surface area contributed by atoms with E-state index < -0.39 is 0 Å². The van der Waals surface area contributed by atoms with Gasteiger partial charge in [0.1, 0.15) is 0 Å². The summed E-state index contributed by atoms with van der Waals surface area (Å²) in [5, 5.41) is 6.22. The summed E-state index contributed by atoms with van der Waals surface area (Å²) in [6.07, 6.45) is 7.97. The minimum absolute atomic E-state index is 0.0268.